The average molecular weight is 270 g/mol. The number of hydrogen-bond donors (Lipinski definition) is 0. The molecule has 1 aromatic heterocycles. The quantitative estimate of drug-likeness (QED) is 0.853. The van der Waals surface area contributed by atoms with Crippen LogP contribution in [0.4, 0.5) is 5.69 Å². The van der Waals surface area contributed by atoms with Crippen LogP contribution in [0.2, 0.25) is 0 Å². The summed E-state index contributed by atoms with van der Waals surface area (Å²) < 4.78 is 5.62. The van der Waals surface area contributed by atoms with Gasteiger partial charge in [0, 0.05) is 25.4 Å². The fourth-order valence-electron chi connectivity index (χ4n) is 2.47. The number of hydrogen-bond acceptors (Lipinski definition) is 4. The molecule has 20 heavy (non-hydrogen) atoms. The van der Waals surface area contributed by atoms with Crippen LogP contribution in [-0.2, 0) is 9.57 Å². The minimum atomic E-state index is -0.203. The van der Waals surface area contributed by atoms with Crippen LogP contribution in [0.15, 0.2) is 54.9 Å². The van der Waals surface area contributed by atoms with E-state index in [9.17, 15) is 0 Å². The van der Waals surface area contributed by atoms with Crippen LogP contribution in [0.25, 0.3) is 0 Å². The molecule has 0 saturated carbocycles. The highest BCUT2D eigenvalue weighted by Gasteiger charge is 2.35. The third kappa shape index (κ3) is 2.66. The predicted octanol–water partition coefficient (Wildman–Crippen LogP) is 3.33. The molecule has 4 nitrogen and oxygen atoms in total. The van der Waals surface area contributed by atoms with E-state index < -0.39 is 0 Å². The molecule has 2 unspecified atom stereocenters. The Morgan fingerprint density at radius 2 is 2.10 bits per heavy atom. The van der Waals surface area contributed by atoms with Crippen molar-refractivity contribution in [3.8, 4) is 0 Å². The van der Waals surface area contributed by atoms with Crippen LogP contribution in [0.1, 0.15) is 24.9 Å². The summed E-state index contributed by atoms with van der Waals surface area (Å²) in [6, 6.07) is 14.2. The van der Waals surface area contributed by atoms with Gasteiger partial charge in [-0.1, -0.05) is 24.3 Å². The lowest BCUT2D eigenvalue weighted by Gasteiger charge is -2.24. The van der Waals surface area contributed by atoms with Crippen LogP contribution in [0.5, 0.6) is 0 Å². The molecule has 1 aliphatic rings. The second-order valence-electron chi connectivity index (χ2n) is 4.69. The van der Waals surface area contributed by atoms with Crippen LogP contribution >= 0.6 is 0 Å². The van der Waals surface area contributed by atoms with Crippen molar-refractivity contribution in [3.63, 3.8) is 0 Å². The Hall–Kier alpha value is -1.91. The zero-order valence-electron chi connectivity index (χ0n) is 11.5. The summed E-state index contributed by atoms with van der Waals surface area (Å²) in [5.41, 5.74) is 2.17. The number of ether oxygens (including phenoxy) is 1. The fourth-order valence-corrected chi connectivity index (χ4v) is 2.47. The van der Waals surface area contributed by atoms with Crippen molar-refractivity contribution >= 4 is 5.69 Å². The molecule has 1 fully saturated rings. The summed E-state index contributed by atoms with van der Waals surface area (Å²) in [6.07, 6.45) is 4.27. The third-order valence-electron chi connectivity index (χ3n) is 3.36. The van der Waals surface area contributed by atoms with Gasteiger partial charge in [-0.05, 0) is 30.7 Å². The van der Waals surface area contributed by atoms with Crippen LogP contribution in [0, 0.1) is 0 Å². The van der Waals surface area contributed by atoms with E-state index in [0.717, 1.165) is 17.7 Å². The van der Waals surface area contributed by atoms with Gasteiger partial charge in [0.1, 0.15) is 0 Å². The number of benzene rings is 1. The minimum Gasteiger partial charge on any atom is -0.350 e. The maximum atomic E-state index is 5.94. The second kappa shape index (κ2) is 6.03. The van der Waals surface area contributed by atoms with Crippen LogP contribution in [0.3, 0.4) is 0 Å². The first-order valence-electron chi connectivity index (χ1n) is 6.91. The summed E-state index contributed by atoms with van der Waals surface area (Å²) in [6.45, 7) is 2.63. The number of hydroxylamine groups is 1. The highest BCUT2D eigenvalue weighted by atomic mass is 16.8. The molecule has 104 valence electrons. The summed E-state index contributed by atoms with van der Waals surface area (Å²) >= 11 is 0. The minimum absolute atomic E-state index is 0.127. The molecule has 0 aliphatic carbocycles. The van der Waals surface area contributed by atoms with Crippen molar-refractivity contribution in [2.75, 3.05) is 11.7 Å². The van der Waals surface area contributed by atoms with Gasteiger partial charge in [-0.2, -0.15) is 0 Å². The average Bonchev–Trinajstić information content (AvgIpc) is 2.93. The highest BCUT2D eigenvalue weighted by molar-refractivity contribution is 5.46. The molecule has 0 spiro atoms. The molecule has 2 aromatic rings. The van der Waals surface area contributed by atoms with E-state index in [0.29, 0.717) is 6.61 Å². The molecule has 1 saturated heterocycles. The van der Waals surface area contributed by atoms with Crippen molar-refractivity contribution in [2.45, 2.75) is 25.7 Å². The summed E-state index contributed by atoms with van der Waals surface area (Å²) in [7, 11) is 0. The lowest BCUT2D eigenvalue weighted by atomic mass is 10.1. The number of anilines is 1. The monoisotopic (exact) mass is 270 g/mol. The molecule has 4 heteroatoms. The Morgan fingerprint density at radius 1 is 1.25 bits per heavy atom. The van der Waals surface area contributed by atoms with E-state index in [4.69, 9.17) is 9.57 Å². The van der Waals surface area contributed by atoms with Crippen molar-refractivity contribution < 1.29 is 9.57 Å². The Bertz CT molecular complexity index is 485. The molecule has 3 rings (SSSR count). The van der Waals surface area contributed by atoms with E-state index in [1.165, 1.54) is 0 Å². The predicted molar refractivity (Wildman–Crippen MR) is 77.0 cm³/mol. The van der Waals surface area contributed by atoms with Gasteiger partial charge >= 0.3 is 0 Å². The van der Waals surface area contributed by atoms with Gasteiger partial charge in [-0.15, -0.1) is 0 Å². The van der Waals surface area contributed by atoms with Crippen molar-refractivity contribution in [1.82, 2.24) is 4.98 Å². The first kappa shape index (κ1) is 13.1. The van der Waals surface area contributed by atoms with E-state index in [2.05, 4.69) is 11.1 Å². The Labute approximate surface area is 118 Å². The number of nitrogens with zero attached hydrogens (tertiary/aromatic N) is 2. The van der Waals surface area contributed by atoms with Crippen molar-refractivity contribution in [1.29, 1.82) is 0 Å². The lowest BCUT2D eigenvalue weighted by Crippen LogP contribution is -2.22. The number of para-hydroxylation sites is 1. The largest absolute Gasteiger partial charge is 0.350 e. The normalized spacial score (nSPS) is 22.1. The Morgan fingerprint density at radius 3 is 2.80 bits per heavy atom. The maximum Gasteiger partial charge on any atom is 0.186 e. The molecule has 1 aromatic carbocycles. The smallest absolute Gasteiger partial charge is 0.186 e. The summed E-state index contributed by atoms with van der Waals surface area (Å²) in [5, 5.41) is 1.93. The fraction of sp³-hybridized carbons (Fsp3) is 0.312. The van der Waals surface area contributed by atoms with E-state index in [1.54, 1.807) is 6.20 Å². The van der Waals surface area contributed by atoms with Gasteiger partial charge < -0.3 is 4.74 Å². The van der Waals surface area contributed by atoms with E-state index >= 15 is 0 Å². The maximum absolute atomic E-state index is 5.94. The molecule has 1 aliphatic heterocycles. The second-order valence-corrected chi connectivity index (χ2v) is 4.69. The number of rotatable bonds is 4. The van der Waals surface area contributed by atoms with Gasteiger partial charge in [0.05, 0.1) is 11.7 Å². The van der Waals surface area contributed by atoms with Gasteiger partial charge in [-0.3, -0.25) is 4.98 Å². The molecule has 0 N–H and O–H groups in total. The third-order valence-corrected chi connectivity index (χ3v) is 3.36. The molecular formula is C16H18N2O2. The zero-order chi connectivity index (χ0) is 13.8. The van der Waals surface area contributed by atoms with E-state index in [1.807, 2.05) is 54.6 Å². The first-order valence-corrected chi connectivity index (χ1v) is 6.91. The molecule has 0 radical (unpaired) electrons. The lowest BCUT2D eigenvalue weighted by molar-refractivity contribution is -0.115. The van der Waals surface area contributed by atoms with Crippen molar-refractivity contribution in [3.05, 3.63) is 60.4 Å². The Balaban J connectivity index is 1.89. The molecule has 0 amide bonds. The topological polar surface area (TPSA) is 34.6 Å². The molecule has 2 atom stereocenters. The SMILES string of the molecule is CCOC1CC(c2cccnc2)N(c2ccccc2)O1. The van der Waals surface area contributed by atoms with Gasteiger partial charge in [0.25, 0.3) is 0 Å². The van der Waals surface area contributed by atoms with Crippen LogP contribution in [-0.4, -0.2) is 17.9 Å². The standard InChI is InChI=1S/C16H18N2O2/c1-2-19-16-11-15(13-7-6-10-17-12-13)18(20-16)14-8-4-3-5-9-14/h3-10,12,15-16H,2,11H2,1H3. The zero-order valence-corrected chi connectivity index (χ0v) is 11.5. The van der Waals surface area contributed by atoms with Gasteiger partial charge in [0.15, 0.2) is 6.29 Å². The molecular weight excluding hydrogens is 252 g/mol. The van der Waals surface area contributed by atoms with E-state index in [-0.39, 0.29) is 12.3 Å². The van der Waals surface area contributed by atoms with Crippen LogP contribution < -0.4 is 5.06 Å². The first-order chi connectivity index (χ1) is 9.88. The summed E-state index contributed by atoms with van der Waals surface area (Å²) in [4.78, 5) is 10.1. The molecule has 0 bridgehead atoms. The number of aromatic nitrogens is 1. The van der Waals surface area contributed by atoms with Gasteiger partial charge in [-0.25, -0.2) is 9.90 Å². The summed E-state index contributed by atoms with van der Waals surface area (Å²) in [5.74, 6) is 0. The highest BCUT2D eigenvalue weighted by Crippen LogP contribution is 2.37. The number of pyridine rings is 1. The Kier molecular flexibility index (Phi) is 3.95. The van der Waals surface area contributed by atoms with Crippen molar-refractivity contribution in [2.24, 2.45) is 0 Å². The molecule has 2 heterocycles. The van der Waals surface area contributed by atoms with Gasteiger partial charge in [0.2, 0.25) is 0 Å².